The predicted molar refractivity (Wildman–Crippen MR) is 210 cm³/mol. The Bertz CT molecular complexity index is 1900. The quantitative estimate of drug-likeness (QED) is 0.0563. The van der Waals surface area contributed by atoms with Gasteiger partial charge in [0.05, 0.1) is 29.2 Å². The number of non-ortho nitro benzene ring substituents is 1. The summed E-state index contributed by atoms with van der Waals surface area (Å²) in [7, 11) is 3.18. The van der Waals surface area contributed by atoms with Gasteiger partial charge >= 0.3 is 6.09 Å². The number of carbonyl (C=O) groups is 1. The number of nitro groups is 1. The van der Waals surface area contributed by atoms with E-state index >= 15 is 0 Å². The molecule has 1 saturated carbocycles. The molecule has 1 aliphatic heterocycles. The molecule has 6 rings (SSSR count). The number of rotatable bonds is 18. The molecule has 1 fully saturated rings. The molecule has 3 aliphatic rings. The largest absolute Gasteiger partial charge is 0.459 e. The summed E-state index contributed by atoms with van der Waals surface area (Å²) in [5.74, 6) is -0.822. The number of ether oxygens (including phenoxy) is 4. The van der Waals surface area contributed by atoms with Crippen LogP contribution < -0.4 is 9.47 Å². The first-order valence-electron chi connectivity index (χ1n) is 19.2. The molecule has 0 radical (unpaired) electrons. The summed E-state index contributed by atoms with van der Waals surface area (Å²) in [6.45, 7) is 4.29. The second kappa shape index (κ2) is 18.6. The van der Waals surface area contributed by atoms with Crippen LogP contribution in [0.2, 0.25) is 0 Å². The number of hydrogen-bond acceptors (Lipinski definition) is 11. The third-order valence-corrected chi connectivity index (χ3v) is 11.1. The average molecular weight is 770 g/mol. The van der Waals surface area contributed by atoms with Gasteiger partial charge < -0.3 is 38.9 Å². The normalized spacial score (nSPS) is 24.2. The molecule has 0 spiro atoms. The van der Waals surface area contributed by atoms with Crippen LogP contribution >= 0.6 is 0 Å². The third kappa shape index (κ3) is 8.59. The number of unbranched alkanes of at least 4 members (excludes halogenated alkanes) is 2. The molecular formula is C43H51N3O10. The lowest BCUT2D eigenvalue weighted by Gasteiger charge is -2.59. The third-order valence-electron chi connectivity index (χ3n) is 11.1. The van der Waals surface area contributed by atoms with Gasteiger partial charge in [-0.05, 0) is 72.9 Å². The lowest BCUT2D eigenvalue weighted by atomic mass is 9.55. The lowest BCUT2D eigenvalue weighted by molar-refractivity contribution is -0.384. The van der Waals surface area contributed by atoms with Crippen molar-refractivity contribution < 1.29 is 43.7 Å². The minimum absolute atomic E-state index is 0.00861. The van der Waals surface area contributed by atoms with Crippen LogP contribution in [0.1, 0.15) is 62.0 Å². The Morgan fingerprint density at radius 1 is 1.04 bits per heavy atom. The first kappa shape index (κ1) is 40.4. The molecule has 13 heteroatoms. The number of aliphatic hydroxyl groups excluding tert-OH is 2. The summed E-state index contributed by atoms with van der Waals surface area (Å²) < 4.78 is 26.1. The van der Waals surface area contributed by atoms with Crippen molar-refractivity contribution in [2.45, 2.75) is 69.3 Å². The van der Waals surface area contributed by atoms with Crippen molar-refractivity contribution in [3.8, 4) is 17.2 Å². The van der Waals surface area contributed by atoms with Gasteiger partial charge in [-0.1, -0.05) is 66.5 Å². The Labute approximate surface area is 327 Å². The van der Waals surface area contributed by atoms with E-state index in [9.17, 15) is 25.1 Å². The number of nitrogens with zero attached hydrogens (tertiary/aromatic N) is 3. The van der Waals surface area contributed by atoms with Gasteiger partial charge in [-0.2, -0.15) is 0 Å². The second-order valence-electron chi connectivity index (χ2n) is 14.5. The monoisotopic (exact) mass is 769 g/mol. The summed E-state index contributed by atoms with van der Waals surface area (Å²) in [5, 5.41) is 35.7. The van der Waals surface area contributed by atoms with Crippen molar-refractivity contribution in [1.82, 2.24) is 4.90 Å². The fraction of sp³-hybridized carbons (Fsp3) is 0.442. The number of nitro benzene ring substituents is 1. The summed E-state index contributed by atoms with van der Waals surface area (Å²) in [4.78, 5) is 32.0. The van der Waals surface area contributed by atoms with Crippen LogP contribution in [-0.2, 0) is 20.9 Å². The number of fused-ring (bicyclic) bond motifs is 2. The Kier molecular flexibility index (Phi) is 13.4. The van der Waals surface area contributed by atoms with Crippen LogP contribution in [0.15, 0.2) is 102 Å². The number of carbonyl (C=O) groups excluding carboxylic acids is 1. The van der Waals surface area contributed by atoms with Crippen molar-refractivity contribution in [2.24, 2.45) is 22.9 Å². The average Bonchev–Trinajstić information content (AvgIpc) is 3.21. The van der Waals surface area contributed by atoms with Crippen molar-refractivity contribution in [2.75, 3.05) is 34.0 Å². The fourth-order valence-corrected chi connectivity index (χ4v) is 8.65. The highest BCUT2D eigenvalue weighted by molar-refractivity contribution is 6.02. The smallest absolute Gasteiger partial charge is 0.410 e. The SMILES string of the molecule is C=CCO[C@@]12Oc3ccc(Oc4cccc([N+](=O)[O-])c4)cc3[C@H]3[C@H](CCCCO)[C@@H](CCCCO)C=C(C(=NOC)C[C@@H]1N(C)C(=O)OCc1ccccc1)[C@H]32. The van der Waals surface area contributed by atoms with Crippen molar-refractivity contribution in [3.05, 3.63) is 118 Å². The standard InChI is InChI=1S/C43H51N3O10/c1-4-23-54-43-39(45(2)42(49)53-28-29-13-6-5-7-14-29)27-37(44-52-3)35-24-30(15-8-10-21-47)34(18-9-11-22-48)40(41(35)43)36-26-33(19-20-38(36)56-43)55-32-17-12-16-31(25-32)46(50)51/h4-7,12-14,16-17,19-20,24-26,30,34,39-41,47-48H,1,8-11,15,18,21-23,27-28H2,2-3H3/t30-,34+,39-,40+,41+,43+/m0/s1. The maximum Gasteiger partial charge on any atom is 0.410 e. The molecule has 1 heterocycles. The number of aliphatic hydroxyl groups is 2. The summed E-state index contributed by atoms with van der Waals surface area (Å²) in [6, 6.07) is 20.3. The van der Waals surface area contributed by atoms with E-state index in [4.69, 9.17) is 23.8 Å². The zero-order valence-corrected chi connectivity index (χ0v) is 32.0. The molecule has 298 valence electrons. The molecule has 3 aromatic carbocycles. The molecular weight excluding hydrogens is 718 g/mol. The van der Waals surface area contributed by atoms with Gasteiger partial charge in [-0.15, -0.1) is 6.58 Å². The molecule has 0 unspecified atom stereocenters. The highest BCUT2D eigenvalue weighted by atomic mass is 16.7. The van der Waals surface area contributed by atoms with Gasteiger partial charge in [-0.25, -0.2) is 4.79 Å². The minimum Gasteiger partial charge on any atom is -0.459 e. The van der Waals surface area contributed by atoms with Crippen LogP contribution in [-0.4, -0.2) is 77.6 Å². The zero-order chi connectivity index (χ0) is 39.7. The topological polar surface area (TPSA) is 162 Å². The van der Waals surface area contributed by atoms with Crippen LogP contribution in [0.25, 0.3) is 0 Å². The van der Waals surface area contributed by atoms with Gasteiger partial charge in [0.1, 0.15) is 37.0 Å². The number of amides is 1. The molecule has 0 aromatic heterocycles. The molecule has 2 aliphatic carbocycles. The molecule has 13 nitrogen and oxygen atoms in total. The Balaban J connectivity index is 1.51. The van der Waals surface area contributed by atoms with E-state index in [2.05, 4.69) is 17.8 Å². The van der Waals surface area contributed by atoms with Gasteiger partial charge in [0.25, 0.3) is 5.69 Å². The van der Waals surface area contributed by atoms with Gasteiger partial charge in [0.15, 0.2) is 0 Å². The van der Waals surface area contributed by atoms with Crippen molar-refractivity contribution in [1.29, 1.82) is 0 Å². The Morgan fingerprint density at radius 2 is 1.79 bits per heavy atom. The van der Waals surface area contributed by atoms with E-state index in [-0.39, 0.29) is 56.3 Å². The molecule has 0 bridgehead atoms. The fourth-order valence-electron chi connectivity index (χ4n) is 8.65. The first-order valence-corrected chi connectivity index (χ1v) is 19.2. The Hall–Kier alpha value is -5.24. The van der Waals surface area contributed by atoms with Crippen molar-refractivity contribution in [3.63, 3.8) is 0 Å². The number of hydrogen-bond donors (Lipinski definition) is 2. The van der Waals surface area contributed by atoms with Crippen LogP contribution in [0.5, 0.6) is 17.2 Å². The molecule has 56 heavy (non-hydrogen) atoms. The van der Waals surface area contributed by atoms with E-state index in [0.29, 0.717) is 35.8 Å². The van der Waals surface area contributed by atoms with Gasteiger partial charge in [0.2, 0.25) is 5.79 Å². The molecule has 0 saturated heterocycles. The predicted octanol–water partition coefficient (Wildman–Crippen LogP) is 7.92. The molecule has 1 amide bonds. The number of benzene rings is 3. The van der Waals surface area contributed by atoms with E-state index in [0.717, 1.165) is 42.4 Å². The molecule has 2 N–H and O–H groups in total. The summed E-state index contributed by atoms with van der Waals surface area (Å²) in [5.41, 5.74) is 3.17. The van der Waals surface area contributed by atoms with Crippen molar-refractivity contribution >= 4 is 17.5 Å². The van der Waals surface area contributed by atoms with Crippen LogP contribution in [0, 0.1) is 27.9 Å². The van der Waals surface area contributed by atoms with Crippen LogP contribution in [0.3, 0.4) is 0 Å². The Morgan fingerprint density at radius 3 is 2.50 bits per heavy atom. The van der Waals surface area contributed by atoms with E-state index < -0.39 is 28.8 Å². The zero-order valence-electron chi connectivity index (χ0n) is 32.0. The van der Waals surface area contributed by atoms with E-state index in [1.165, 1.54) is 24.1 Å². The van der Waals surface area contributed by atoms with E-state index in [1.54, 1.807) is 31.3 Å². The second-order valence-corrected chi connectivity index (χ2v) is 14.5. The van der Waals surface area contributed by atoms with Crippen LogP contribution in [0.4, 0.5) is 10.5 Å². The summed E-state index contributed by atoms with van der Waals surface area (Å²) >= 11 is 0. The maximum absolute atomic E-state index is 14.0. The minimum atomic E-state index is -1.43. The molecule has 3 aromatic rings. The number of allylic oxidation sites excluding steroid dienone is 1. The number of likely N-dealkylation sites (N-methyl/N-ethyl adjacent to an activating group) is 1. The highest BCUT2D eigenvalue weighted by Crippen LogP contribution is 2.62. The van der Waals surface area contributed by atoms with Gasteiger partial charge in [0, 0.05) is 44.2 Å². The molecule has 6 atom stereocenters. The lowest BCUT2D eigenvalue weighted by Crippen LogP contribution is -2.69. The maximum atomic E-state index is 14.0. The highest BCUT2D eigenvalue weighted by Gasteiger charge is 2.65. The number of oxime groups is 1. The first-order chi connectivity index (χ1) is 27.2. The van der Waals surface area contributed by atoms with Gasteiger partial charge in [-0.3, -0.25) is 10.1 Å². The summed E-state index contributed by atoms with van der Waals surface area (Å²) in [6.07, 6.45) is 7.99. The van der Waals surface area contributed by atoms with E-state index in [1.807, 2.05) is 42.5 Å².